The fourth-order valence-corrected chi connectivity index (χ4v) is 2.97. The highest BCUT2D eigenvalue weighted by Gasteiger charge is 2.29. The highest BCUT2D eigenvalue weighted by atomic mass is 16.1. The summed E-state index contributed by atoms with van der Waals surface area (Å²) in [6, 6.07) is 0. The minimum atomic E-state index is 0.398. The molecule has 1 unspecified atom stereocenters. The molecule has 14 heavy (non-hydrogen) atoms. The zero-order chi connectivity index (χ0) is 9.80. The summed E-state index contributed by atoms with van der Waals surface area (Å²) < 4.78 is 0. The fourth-order valence-electron chi connectivity index (χ4n) is 2.97. The van der Waals surface area contributed by atoms with Gasteiger partial charge in [0.05, 0.1) is 6.54 Å². The number of ketones is 1. The van der Waals surface area contributed by atoms with Gasteiger partial charge in [-0.15, -0.1) is 0 Å². The molecule has 1 aliphatic carbocycles. The fraction of sp³-hybridized carbons (Fsp3) is 0.917. The van der Waals surface area contributed by atoms with Crippen LogP contribution in [-0.4, -0.2) is 18.9 Å². The molecule has 1 saturated carbocycles. The number of hydrogen-bond donors (Lipinski definition) is 1. The largest absolute Gasteiger partial charge is 0.310 e. The van der Waals surface area contributed by atoms with Crippen LogP contribution in [-0.2, 0) is 4.79 Å². The maximum atomic E-state index is 11.7. The lowest BCUT2D eigenvalue weighted by atomic mass is 9.80. The molecular weight excluding hydrogens is 174 g/mol. The van der Waals surface area contributed by atoms with Gasteiger partial charge in [-0.2, -0.15) is 0 Å². The van der Waals surface area contributed by atoms with Crippen LogP contribution in [0.2, 0.25) is 0 Å². The highest BCUT2D eigenvalue weighted by Crippen LogP contribution is 2.31. The van der Waals surface area contributed by atoms with Crippen LogP contribution in [0.1, 0.15) is 44.9 Å². The molecule has 80 valence electrons. The standard InChI is InChI=1S/C12H21NO/c14-12-9-13-8-7-11(12)10-5-3-1-2-4-6-10/h10-11,13H,1-9H2. The first kappa shape index (κ1) is 10.2. The molecule has 1 N–H and O–H groups in total. The van der Waals surface area contributed by atoms with Gasteiger partial charge < -0.3 is 5.32 Å². The van der Waals surface area contributed by atoms with E-state index in [9.17, 15) is 4.79 Å². The Morgan fingerprint density at radius 2 is 1.71 bits per heavy atom. The Morgan fingerprint density at radius 1 is 1.00 bits per heavy atom. The molecule has 0 bridgehead atoms. The molecular formula is C12H21NO. The van der Waals surface area contributed by atoms with Crippen LogP contribution in [0, 0.1) is 11.8 Å². The van der Waals surface area contributed by atoms with Crippen LogP contribution in [0.25, 0.3) is 0 Å². The van der Waals surface area contributed by atoms with Crippen LogP contribution in [0.5, 0.6) is 0 Å². The summed E-state index contributed by atoms with van der Waals surface area (Å²) in [5, 5.41) is 3.17. The van der Waals surface area contributed by atoms with E-state index in [1.165, 1.54) is 38.5 Å². The summed E-state index contributed by atoms with van der Waals surface area (Å²) in [7, 11) is 0. The van der Waals surface area contributed by atoms with Crippen LogP contribution < -0.4 is 5.32 Å². The predicted octanol–water partition coefficient (Wildman–Crippen LogP) is 2.14. The summed E-state index contributed by atoms with van der Waals surface area (Å²) in [4.78, 5) is 11.7. The van der Waals surface area contributed by atoms with E-state index in [4.69, 9.17) is 0 Å². The molecule has 2 aliphatic rings. The van der Waals surface area contributed by atoms with E-state index in [2.05, 4.69) is 5.32 Å². The van der Waals surface area contributed by atoms with Crippen molar-refractivity contribution in [2.24, 2.45) is 11.8 Å². The zero-order valence-corrected chi connectivity index (χ0v) is 8.93. The number of rotatable bonds is 1. The minimum absolute atomic E-state index is 0.398. The molecule has 1 heterocycles. The normalized spacial score (nSPS) is 31.4. The second-order valence-electron chi connectivity index (χ2n) is 4.79. The summed E-state index contributed by atoms with van der Waals surface area (Å²) >= 11 is 0. The second-order valence-corrected chi connectivity index (χ2v) is 4.79. The minimum Gasteiger partial charge on any atom is -0.310 e. The van der Waals surface area contributed by atoms with E-state index in [0.29, 0.717) is 24.2 Å². The Kier molecular flexibility index (Phi) is 3.57. The third kappa shape index (κ3) is 2.35. The molecule has 2 fully saturated rings. The highest BCUT2D eigenvalue weighted by molar-refractivity contribution is 5.83. The molecule has 1 saturated heterocycles. The molecule has 0 amide bonds. The predicted molar refractivity (Wildman–Crippen MR) is 57.2 cm³/mol. The first-order valence-corrected chi connectivity index (χ1v) is 6.11. The van der Waals surface area contributed by atoms with Crippen molar-refractivity contribution in [3.8, 4) is 0 Å². The number of piperidine rings is 1. The third-order valence-corrected chi connectivity index (χ3v) is 3.81. The maximum absolute atomic E-state index is 11.7. The Morgan fingerprint density at radius 3 is 2.36 bits per heavy atom. The molecule has 0 radical (unpaired) electrons. The molecule has 2 rings (SSSR count). The lowest BCUT2D eigenvalue weighted by Gasteiger charge is -2.28. The third-order valence-electron chi connectivity index (χ3n) is 3.81. The lowest BCUT2D eigenvalue weighted by Crippen LogP contribution is -2.40. The zero-order valence-electron chi connectivity index (χ0n) is 8.93. The first-order valence-electron chi connectivity index (χ1n) is 6.11. The number of hydrogen-bond acceptors (Lipinski definition) is 2. The van der Waals surface area contributed by atoms with E-state index in [-0.39, 0.29) is 0 Å². The Bertz CT molecular complexity index is 194. The Hall–Kier alpha value is -0.370. The molecule has 1 atom stereocenters. The van der Waals surface area contributed by atoms with Crippen molar-refractivity contribution in [3.63, 3.8) is 0 Å². The van der Waals surface area contributed by atoms with Crippen molar-refractivity contribution in [1.29, 1.82) is 0 Å². The molecule has 1 aliphatic heterocycles. The van der Waals surface area contributed by atoms with Gasteiger partial charge >= 0.3 is 0 Å². The molecule has 0 aromatic heterocycles. The maximum Gasteiger partial charge on any atom is 0.150 e. The van der Waals surface area contributed by atoms with Crippen molar-refractivity contribution >= 4 is 5.78 Å². The summed E-state index contributed by atoms with van der Waals surface area (Å²) in [6.07, 6.45) is 9.16. The monoisotopic (exact) mass is 195 g/mol. The molecule has 0 aromatic rings. The van der Waals surface area contributed by atoms with Gasteiger partial charge in [0.2, 0.25) is 0 Å². The molecule has 2 nitrogen and oxygen atoms in total. The summed E-state index contributed by atoms with van der Waals surface area (Å²) in [5.74, 6) is 1.59. The van der Waals surface area contributed by atoms with E-state index in [1.807, 2.05) is 0 Å². The first-order chi connectivity index (χ1) is 6.88. The smallest absolute Gasteiger partial charge is 0.150 e. The van der Waals surface area contributed by atoms with Crippen LogP contribution >= 0.6 is 0 Å². The van der Waals surface area contributed by atoms with E-state index in [1.54, 1.807) is 0 Å². The Balaban J connectivity index is 1.93. The number of carbonyl (C=O) groups excluding carboxylic acids is 1. The van der Waals surface area contributed by atoms with E-state index < -0.39 is 0 Å². The number of Topliss-reactive ketones (excluding diaryl/α,β-unsaturated/α-hetero) is 1. The van der Waals surface area contributed by atoms with Crippen molar-refractivity contribution < 1.29 is 4.79 Å². The average Bonchev–Trinajstić information content (AvgIpc) is 2.47. The average molecular weight is 195 g/mol. The van der Waals surface area contributed by atoms with E-state index >= 15 is 0 Å². The molecule has 2 heteroatoms. The van der Waals surface area contributed by atoms with Crippen LogP contribution in [0.3, 0.4) is 0 Å². The van der Waals surface area contributed by atoms with Gasteiger partial charge in [-0.05, 0) is 31.7 Å². The quantitative estimate of drug-likeness (QED) is 0.649. The second kappa shape index (κ2) is 4.92. The Labute approximate surface area is 86.5 Å². The van der Waals surface area contributed by atoms with Gasteiger partial charge in [0.15, 0.2) is 0 Å². The number of carbonyl (C=O) groups is 1. The topological polar surface area (TPSA) is 29.1 Å². The van der Waals surface area contributed by atoms with Gasteiger partial charge in [-0.3, -0.25) is 4.79 Å². The van der Waals surface area contributed by atoms with Gasteiger partial charge in [0.1, 0.15) is 5.78 Å². The van der Waals surface area contributed by atoms with Crippen molar-refractivity contribution in [2.45, 2.75) is 44.9 Å². The van der Waals surface area contributed by atoms with Crippen molar-refractivity contribution in [1.82, 2.24) is 5.32 Å². The van der Waals surface area contributed by atoms with Crippen molar-refractivity contribution in [3.05, 3.63) is 0 Å². The van der Waals surface area contributed by atoms with Crippen molar-refractivity contribution in [2.75, 3.05) is 13.1 Å². The summed E-state index contributed by atoms with van der Waals surface area (Å²) in [6.45, 7) is 1.67. The molecule has 0 aromatic carbocycles. The van der Waals surface area contributed by atoms with Crippen LogP contribution in [0.4, 0.5) is 0 Å². The summed E-state index contributed by atoms with van der Waals surface area (Å²) in [5.41, 5.74) is 0. The van der Waals surface area contributed by atoms with Crippen LogP contribution in [0.15, 0.2) is 0 Å². The van der Waals surface area contributed by atoms with Gasteiger partial charge in [0, 0.05) is 5.92 Å². The lowest BCUT2D eigenvalue weighted by molar-refractivity contribution is -0.125. The van der Waals surface area contributed by atoms with Gasteiger partial charge in [-0.25, -0.2) is 0 Å². The van der Waals surface area contributed by atoms with Gasteiger partial charge in [0.25, 0.3) is 0 Å². The van der Waals surface area contributed by atoms with E-state index in [0.717, 1.165) is 13.0 Å². The molecule has 0 spiro atoms. The SMILES string of the molecule is O=C1CNCCC1C1CCCCCC1. The number of nitrogens with one attached hydrogen (secondary N) is 1. The van der Waals surface area contributed by atoms with Gasteiger partial charge in [-0.1, -0.05) is 25.7 Å².